The molecule has 1 unspecified atom stereocenters. The number of anilines is 1. The van der Waals surface area contributed by atoms with Crippen LogP contribution in [-0.2, 0) is 13.6 Å². The van der Waals surface area contributed by atoms with Crippen molar-refractivity contribution < 1.29 is 9.53 Å². The van der Waals surface area contributed by atoms with Crippen LogP contribution in [0.5, 0.6) is 5.75 Å². The van der Waals surface area contributed by atoms with Gasteiger partial charge in [-0.3, -0.25) is 4.79 Å². The Bertz CT molecular complexity index is 1640. The second kappa shape index (κ2) is 8.99. The number of nitrogens with zero attached hydrogens (tertiary/aromatic N) is 4. The van der Waals surface area contributed by atoms with Gasteiger partial charge in [0.15, 0.2) is 5.82 Å². The third-order valence-electron chi connectivity index (χ3n) is 9.88. The van der Waals surface area contributed by atoms with Crippen LogP contribution in [0.25, 0.3) is 33.5 Å². The van der Waals surface area contributed by atoms with E-state index < -0.39 is 0 Å². The van der Waals surface area contributed by atoms with Crippen LogP contribution in [0.3, 0.4) is 0 Å². The summed E-state index contributed by atoms with van der Waals surface area (Å²) in [4.78, 5) is 20.8. The molecule has 1 aliphatic heterocycles. The van der Waals surface area contributed by atoms with E-state index in [-0.39, 0.29) is 18.0 Å². The number of likely N-dealkylation sites (tertiary alicyclic amines) is 1. The Morgan fingerprint density at radius 3 is 2.60 bits per heavy atom. The van der Waals surface area contributed by atoms with Crippen molar-refractivity contribution in [2.24, 2.45) is 30.5 Å². The molecule has 1 amide bonds. The maximum atomic E-state index is 13.7. The third kappa shape index (κ3) is 3.91. The Balaban J connectivity index is 1.20. The van der Waals surface area contributed by atoms with E-state index in [1.54, 1.807) is 7.11 Å². The highest BCUT2D eigenvalue weighted by Crippen LogP contribution is 2.40. The first-order valence-corrected chi connectivity index (χ1v) is 15.0. The number of amides is 1. The van der Waals surface area contributed by atoms with Crippen LogP contribution in [0, 0.1) is 17.8 Å². The molecule has 2 bridgehead atoms. The third-order valence-corrected chi connectivity index (χ3v) is 9.88. The van der Waals surface area contributed by atoms with E-state index in [9.17, 15) is 4.79 Å². The lowest BCUT2D eigenvalue weighted by Gasteiger charge is -2.27. The minimum Gasteiger partial charge on any atom is -0.494 e. The first-order chi connectivity index (χ1) is 19.5. The van der Waals surface area contributed by atoms with Gasteiger partial charge >= 0.3 is 0 Å². The fraction of sp³-hybridized carbons (Fsp3) is 0.500. The Kier molecular flexibility index (Phi) is 5.46. The standard InChI is InChI=1S/C32H38N6O2/c1-36-30-24(12-22(14-28(30)40-2)32(39)38-17-20-7-9-26(38)29(20)33)35-31(36)27-13-21-11-23(34-15-18-3-4-18)8-10-25(21)37(27)16-19-5-6-19/h8,10-14,18-20,26,29,34H,3-7,9,15-17,33H2,1-2H3/t20-,26?,29+/m1/s1. The lowest BCUT2D eigenvalue weighted by atomic mass is 10.1. The minimum atomic E-state index is 0.0316. The summed E-state index contributed by atoms with van der Waals surface area (Å²) >= 11 is 0. The summed E-state index contributed by atoms with van der Waals surface area (Å²) in [6.45, 7) is 2.80. The van der Waals surface area contributed by atoms with Crippen molar-refractivity contribution in [3.05, 3.63) is 42.0 Å². The second-order valence-electron chi connectivity index (χ2n) is 12.7. The summed E-state index contributed by atoms with van der Waals surface area (Å²) in [5.41, 5.74) is 12.3. The van der Waals surface area contributed by atoms with Gasteiger partial charge in [-0.25, -0.2) is 4.98 Å². The summed E-state index contributed by atoms with van der Waals surface area (Å²) < 4.78 is 10.4. The summed E-state index contributed by atoms with van der Waals surface area (Å²) in [6, 6.07) is 13.1. The van der Waals surface area contributed by atoms with Crippen LogP contribution in [0.2, 0.25) is 0 Å². The number of aryl methyl sites for hydroxylation is 1. The number of nitrogens with one attached hydrogen (secondary N) is 1. The highest BCUT2D eigenvalue weighted by atomic mass is 16.5. The summed E-state index contributed by atoms with van der Waals surface area (Å²) in [5.74, 6) is 3.56. The zero-order valence-electron chi connectivity index (χ0n) is 23.4. The van der Waals surface area contributed by atoms with E-state index in [1.165, 1.54) is 42.3 Å². The van der Waals surface area contributed by atoms with E-state index in [1.807, 2.05) is 17.0 Å². The number of fused-ring (bicyclic) bond motifs is 4. The van der Waals surface area contributed by atoms with Crippen LogP contribution >= 0.6 is 0 Å². The molecule has 3 atom stereocenters. The average Bonchev–Trinajstić information content (AvgIpc) is 3.87. The van der Waals surface area contributed by atoms with Crippen LogP contribution < -0.4 is 15.8 Å². The van der Waals surface area contributed by atoms with Gasteiger partial charge in [-0.05, 0) is 92.7 Å². The molecule has 4 aliphatic rings. The molecule has 2 aromatic heterocycles. The molecule has 8 nitrogen and oxygen atoms in total. The maximum Gasteiger partial charge on any atom is 0.254 e. The van der Waals surface area contributed by atoms with E-state index in [2.05, 4.69) is 45.8 Å². The maximum absolute atomic E-state index is 13.7. The van der Waals surface area contributed by atoms with Gasteiger partial charge in [0, 0.05) is 60.9 Å². The van der Waals surface area contributed by atoms with Gasteiger partial charge < -0.3 is 29.8 Å². The predicted octanol–water partition coefficient (Wildman–Crippen LogP) is 5.00. The molecule has 8 heteroatoms. The van der Waals surface area contributed by atoms with Gasteiger partial charge in [0.1, 0.15) is 11.3 Å². The molecular formula is C32H38N6O2. The van der Waals surface area contributed by atoms with E-state index in [0.29, 0.717) is 17.2 Å². The van der Waals surface area contributed by atoms with Crippen molar-refractivity contribution in [2.45, 2.75) is 57.2 Å². The Morgan fingerprint density at radius 1 is 1.07 bits per heavy atom. The number of imidazole rings is 1. The first kappa shape index (κ1) is 24.3. The predicted molar refractivity (Wildman–Crippen MR) is 158 cm³/mol. The number of nitrogens with two attached hydrogens (primary N) is 1. The molecule has 0 radical (unpaired) electrons. The van der Waals surface area contributed by atoms with Crippen molar-refractivity contribution in [3.8, 4) is 17.3 Å². The number of aromatic nitrogens is 3. The van der Waals surface area contributed by atoms with E-state index in [0.717, 1.165) is 66.9 Å². The monoisotopic (exact) mass is 538 g/mol. The molecule has 4 aromatic rings. The molecule has 2 aromatic carbocycles. The number of ether oxygens (including phenoxy) is 1. The smallest absolute Gasteiger partial charge is 0.254 e. The lowest BCUT2D eigenvalue weighted by molar-refractivity contribution is 0.0700. The minimum absolute atomic E-state index is 0.0316. The van der Waals surface area contributed by atoms with Gasteiger partial charge in [0.25, 0.3) is 5.91 Å². The van der Waals surface area contributed by atoms with Crippen LogP contribution in [0.4, 0.5) is 5.69 Å². The Labute approximate surface area is 234 Å². The molecular weight excluding hydrogens is 500 g/mol. The summed E-state index contributed by atoms with van der Waals surface area (Å²) in [6.07, 6.45) is 7.36. The molecule has 4 fully saturated rings. The number of rotatable bonds is 8. The Hall–Kier alpha value is -3.52. The number of hydrogen-bond donors (Lipinski definition) is 2. The molecule has 3 heterocycles. The molecule has 40 heavy (non-hydrogen) atoms. The number of carbonyl (C=O) groups is 1. The normalized spacial score (nSPS) is 24.0. The van der Waals surface area contributed by atoms with Crippen molar-refractivity contribution >= 4 is 33.5 Å². The van der Waals surface area contributed by atoms with Crippen LogP contribution in [0.15, 0.2) is 36.4 Å². The quantitative estimate of drug-likeness (QED) is 0.330. The fourth-order valence-electron chi connectivity index (χ4n) is 7.17. The molecule has 3 saturated carbocycles. The van der Waals surface area contributed by atoms with Crippen molar-refractivity contribution in [1.29, 1.82) is 0 Å². The molecule has 3 aliphatic carbocycles. The Morgan fingerprint density at radius 2 is 1.90 bits per heavy atom. The highest BCUT2D eigenvalue weighted by Gasteiger charge is 2.47. The topological polar surface area (TPSA) is 90.3 Å². The summed E-state index contributed by atoms with van der Waals surface area (Å²) in [7, 11) is 3.72. The number of piperidine rings is 1. The average molecular weight is 539 g/mol. The molecule has 208 valence electrons. The van der Waals surface area contributed by atoms with Gasteiger partial charge in [-0.15, -0.1) is 0 Å². The first-order valence-electron chi connectivity index (χ1n) is 15.0. The van der Waals surface area contributed by atoms with E-state index >= 15 is 0 Å². The number of carbonyl (C=O) groups excluding carboxylic acids is 1. The van der Waals surface area contributed by atoms with Gasteiger partial charge in [-0.2, -0.15) is 0 Å². The lowest BCUT2D eigenvalue weighted by Crippen LogP contribution is -2.41. The number of hydrogen-bond acceptors (Lipinski definition) is 5. The van der Waals surface area contributed by atoms with Crippen LogP contribution in [-0.4, -0.2) is 57.2 Å². The largest absolute Gasteiger partial charge is 0.494 e. The second-order valence-corrected chi connectivity index (χ2v) is 12.7. The van der Waals surface area contributed by atoms with Crippen molar-refractivity contribution in [1.82, 2.24) is 19.0 Å². The fourth-order valence-corrected chi connectivity index (χ4v) is 7.17. The zero-order valence-corrected chi connectivity index (χ0v) is 23.4. The summed E-state index contributed by atoms with van der Waals surface area (Å²) in [5, 5.41) is 4.86. The molecule has 1 saturated heterocycles. The SMILES string of the molecule is COc1cc(C(=O)N2C[C@H]3CCC2[C@H]3N)cc2nc(-c3cc4cc(NCC5CC5)ccc4n3CC3CC3)n(C)c12. The van der Waals surface area contributed by atoms with Gasteiger partial charge in [0.2, 0.25) is 0 Å². The van der Waals surface area contributed by atoms with Crippen LogP contribution in [0.1, 0.15) is 48.9 Å². The molecule has 8 rings (SSSR count). The van der Waals surface area contributed by atoms with Gasteiger partial charge in [-0.1, -0.05) is 0 Å². The zero-order chi connectivity index (χ0) is 27.1. The van der Waals surface area contributed by atoms with E-state index in [4.69, 9.17) is 15.5 Å². The number of benzene rings is 2. The molecule has 0 spiro atoms. The molecule has 3 N–H and O–H groups in total. The van der Waals surface area contributed by atoms with Crippen molar-refractivity contribution in [3.63, 3.8) is 0 Å². The highest BCUT2D eigenvalue weighted by molar-refractivity contribution is 6.00. The number of methoxy groups -OCH3 is 1. The van der Waals surface area contributed by atoms with Crippen molar-refractivity contribution in [2.75, 3.05) is 25.5 Å². The van der Waals surface area contributed by atoms with Gasteiger partial charge in [0.05, 0.1) is 18.3 Å².